The van der Waals surface area contributed by atoms with Gasteiger partial charge in [-0.15, -0.1) is 0 Å². The van der Waals surface area contributed by atoms with E-state index in [0.29, 0.717) is 25.5 Å². The van der Waals surface area contributed by atoms with Gasteiger partial charge in [-0.2, -0.15) is 0 Å². The molecule has 30 heavy (non-hydrogen) atoms. The van der Waals surface area contributed by atoms with E-state index in [1.807, 2.05) is 55.1 Å². The number of fused-ring (bicyclic) bond motifs is 1. The van der Waals surface area contributed by atoms with Crippen LogP contribution in [0.2, 0.25) is 0 Å². The molecule has 2 aliphatic heterocycles. The molecule has 0 radical (unpaired) electrons. The van der Waals surface area contributed by atoms with Crippen molar-refractivity contribution >= 4 is 5.91 Å². The third-order valence-corrected chi connectivity index (χ3v) is 5.85. The van der Waals surface area contributed by atoms with Crippen molar-refractivity contribution in [2.24, 2.45) is 0 Å². The highest BCUT2D eigenvalue weighted by atomic mass is 16.6. The summed E-state index contributed by atoms with van der Waals surface area (Å²) in [5.41, 5.74) is 4.44. The van der Waals surface area contributed by atoms with E-state index >= 15 is 0 Å². The van der Waals surface area contributed by atoms with Gasteiger partial charge in [0, 0.05) is 23.4 Å². The highest BCUT2D eigenvalue weighted by Gasteiger charge is 2.35. The Labute approximate surface area is 175 Å². The number of para-hydroxylation sites is 1. The fourth-order valence-electron chi connectivity index (χ4n) is 4.43. The minimum absolute atomic E-state index is 0.0346. The quantitative estimate of drug-likeness (QED) is 0.702. The van der Waals surface area contributed by atoms with Crippen molar-refractivity contribution in [3.63, 3.8) is 0 Å². The number of aromatic amines is 1. The Bertz CT molecular complexity index is 1100. The Morgan fingerprint density at radius 3 is 2.83 bits per heavy atom. The smallest absolute Gasteiger partial charge is 0.274 e. The summed E-state index contributed by atoms with van der Waals surface area (Å²) in [7, 11) is 0. The summed E-state index contributed by atoms with van der Waals surface area (Å²) >= 11 is 0. The largest absolute Gasteiger partial charge is 0.486 e. The molecule has 1 unspecified atom stereocenters. The molecule has 154 valence electrons. The summed E-state index contributed by atoms with van der Waals surface area (Å²) in [5.74, 6) is 2.21. The zero-order valence-corrected chi connectivity index (χ0v) is 17.3. The van der Waals surface area contributed by atoms with Crippen molar-refractivity contribution in [3.8, 4) is 22.9 Å². The van der Waals surface area contributed by atoms with Gasteiger partial charge in [0.2, 0.25) is 0 Å². The molecule has 2 aliphatic rings. The number of carbonyl (C=O) groups excluding carboxylic acids is 1. The first-order chi connectivity index (χ1) is 14.6. The maximum atomic E-state index is 13.5. The number of likely N-dealkylation sites (tertiary alicyclic amines) is 1. The number of carbonyl (C=O) groups is 1. The molecule has 1 atom stereocenters. The first-order valence-corrected chi connectivity index (χ1v) is 10.4. The van der Waals surface area contributed by atoms with Gasteiger partial charge in [-0.05, 0) is 38.8 Å². The van der Waals surface area contributed by atoms with E-state index in [4.69, 9.17) is 9.47 Å². The number of hydrogen-bond acceptors (Lipinski definition) is 4. The highest BCUT2D eigenvalue weighted by molar-refractivity contribution is 5.94. The van der Waals surface area contributed by atoms with Crippen molar-refractivity contribution in [2.75, 3.05) is 19.8 Å². The van der Waals surface area contributed by atoms with E-state index in [2.05, 4.69) is 16.0 Å². The number of H-pyrrole nitrogens is 1. The maximum absolute atomic E-state index is 13.5. The molecular weight excluding hydrogens is 378 g/mol. The Morgan fingerprint density at radius 2 is 1.97 bits per heavy atom. The molecule has 6 heteroatoms. The molecule has 3 aromatic rings. The average molecular weight is 403 g/mol. The molecule has 1 saturated heterocycles. The van der Waals surface area contributed by atoms with Crippen LogP contribution in [0.15, 0.2) is 42.5 Å². The SMILES string of the molecule is Cc1cccc(-c2nc(C(=O)N3CCCC3c3cccc4c3OCCO4)c(C)[nH]2)c1. The van der Waals surface area contributed by atoms with Crippen LogP contribution in [-0.2, 0) is 0 Å². The van der Waals surface area contributed by atoms with E-state index < -0.39 is 0 Å². The lowest BCUT2D eigenvalue weighted by Crippen LogP contribution is -2.32. The molecule has 1 aromatic heterocycles. The second-order valence-corrected chi connectivity index (χ2v) is 7.96. The van der Waals surface area contributed by atoms with Gasteiger partial charge in [-0.25, -0.2) is 4.98 Å². The van der Waals surface area contributed by atoms with E-state index in [0.717, 1.165) is 52.5 Å². The summed E-state index contributed by atoms with van der Waals surface area (Å²) in [6, 6.07) is 14.0. The molecule has 0 aliphatic carbocycles. The lowest BCUT2D eigenvalue weighted by atomic mass is 10.0. The van der Waals surface area contributed by atoms with E-state index in [-0.39, 0.29) is 11.9 Å². The minimum Gasteiger partial charge on any atom is -0.486 e. The zero-order valence-electron chi connectivity index (χ0n) is 17.3. The first kappa shape index (κ1) is 18.7. The van der Waals surface area contributed by atoms with Crippen LogP contribution in [0, 0.1) is 13.8 Å². The summed E-state index contributed by atoms with van der Waals surface area (Å²) in [6.07, 6.45) is 1.86. The summed E-state index contributed by atoms with van der Waals surface area (Å²) in [6.45, 7) is 5.75. The average Bonchev–Trinajstić information content (AvgIpc) is 3.40. The number of hydrogen-bond donors (Lipinski definition) is 1. The number of imidazole rings is 1. The van der Waals surface area contributed by atoms with Crippen LogP contribution in [0.4, 0.5) is 0 Å². The van der Waals surface area contributed by atoms with Gasteiger partial charge in [0.05, 0.1) is 6.04 Å². The number of rotatable bonds is 3. The van der Waals surface area contributed by atoms with Crippen molar-refractivity contribution in [3.05, 3.63) is 65.0 Å². The molecule has 1 N–H and O–H groups in total. The topological polar surface area (TPSA) is 67.5 Å². The van der Waals surface area contributed by atoms with Crippen molar-refractivity contribution in [1.82, 2.24) is 14.9 Å². The van der Waals surface area contributed by atoms with Crippen molar-refractivity contribution < 1.29 is 14.3 Å². The Hall–Kier alpha value is -3.28. The molecule has 0 saturated carbocycles. The maximum Gasteiger partial charge on any atom is 0.274 e. The third-order valence-electron chi connectivity index (χ3n) is 5.85. The number of nitrogens with zero attached hydrogens (tertiary/aromatic N) is 2. The predicted octanol–water partition coefficient (Wildman–Crippen LogP) is 4.44. The number of ether oxygens (including phenoxy) is 2. The van der Waals surface area contributed by atoms with Crippen LogP contribution >= 0.6 is 0 Å². The van der Waals surface area contributed by atoms with Gasteiger partial charge >= 0.3 is 0 Å². The van der Waals surface area contributed by atoms with Gasteiger partial charge in [-0.3, -0.25) is 4.79 Å². The molecule has 1 amide bonds. The second-order valence-electron chi connectivity index (χ2n) is 7.96. The van der Waals surface area contributed by atoms with Crippen LogP contribution < -0.4 is 9.47 Å². The highest BCUT2D eigenvalue weighted by Crippen LogP contribution is 2.43. The Balaban J connectivity index is 1.47. The van der Waals surface area contributed by atoms with Gasteiger partial charge in [0.25, 0.3) is 5.91 Å². The molecule has 0 bridgehead atoms. The van der Waals surface area contributed by atoms with Crippen LogP contribution in [0.25, 0.3) is 11.4 Å². The number of benzene rings is 2. The van der Waals surface area contributed by atoms with Crippen molar-refractivity contribution in [1.29, 1.82) is 0 Å². The summed E-state index contributed by atoms with van der Waals surface area (Å²) in [5, 5.41) is 0. The number of nitrogens with one attached hydrogen (secondary N) is 1. The summed E-state index contributed by atoms with van der Waals surface area (Å²) in [4.78, 5) is 23.4. The monoisotopic (exact) mass is 403 g/mol. The third kappa shape index (κ3) is 3.22. The molecule has 5 rings (SSSR count). The summed E-state index contributed by atoms with van der Waals surface area (Å²) < 4.78 is 11.7. The van der Waals surface area contributed by atoms with Crippen molar-refractivity contribution in [2.45, 2.75) is 32.7 Å². The number of aromatic nitrogens is 2. The lowest BCUT2D eigenvalue weighted by Gasteiger charge is -2.28. The van der Waals surface area contributed by atoms with E-state index in [9.17, 15) is 4.79 Å². The van der Waals surface area contributed by atoms with E-state index in [1.165, 1.54) is 0 Å². The number of amides is 1. The minimum atomic E-state index is -0.0421. The van der Waals surface area contributed by atoms with Gasteiger partial charge in [-0.1, -0.05) is 35.9 Å². The fraction of sp³-hybridized carbons (Fsp3) is 0.333. The molecule has 1 fully saturated rings. The van der Waals surface area contributed by atoms with Crippen LogP contribution in [0.5, 0.6) is 11.5 Å². The lowest BCUT2D eigenvalue weighted by molar-refractivity contribution is 0.0724. The van der Waals surface area contributed by atoms with Gasteiger partial charge in [0.15, 0.2) is 11.5 Å². The van der Waals surface area contributed by atoms with Gasteiger partial charge in [0.1, 0.15) is 24.7 Å². The van der Waals surface area contributed by atoms with E-state index in [1.54, 1.807) is 0 Å². The normalized spacial score (nSPS) is 17.9. The molecule has 3 heterocycles. The van der Waals surface area contributed by atoms with Crippen LogP contribution in [0.3, 0.4) is 0 Å². The van der Waals surface area contributed by atoms with Gasteiger partial charge < -0.3 is 19.4 Å². The molecular formula is C24H25N3O3. The van der Waals surface area contributed by atoms with Crippen LogP contribution in [0.1, 0.15) is 46.2 Å². The standard InChI is InChI=1S/C24H25N3O3/c1-15-6-3-7-17(14-15)23-25-16(2)21(26-23)24(28)27-11-5-9-19(27)18-8-4-10-20-22(18)30-13-12-29-20/h3-4,6-8,10,14,19H,5,9,11-13H2,1-2H3,(H,25,26). The first-order valence-electron chi connectivity index (χ1n) is 10.4. The second kappa shape index (κ2) is 7.52. The Morgan fingerprint density at radius 1 is 1.13 bits per heavy atom. The number of aryl methyl sites for hydroxylation is 2. The Kier molecular flexibility index (Phi) is 4.69. The zero-order chi connectivity index (χ0) is 20.7. The van der Waals surface area contributed by atoms with Crippen LogP contribution in [-0.4, -0.2) is 40.5 Å². The molecule has 0 spiro atoms. The molecule has 2 aromatic carbocycles. The fourth-order valence-corrected chi connectivity index (χ4v) is 4.43. The predicted molar refractivity (Wildman–Crippen MR) is 114 cm³/mol. The molecule has 6 nitrogen and oxygen atoms in total.